The van der Waals surface area contributed by atoms with Gasteiger partial charge in [0.25, 0.3) is 0 Å². The second-order valence-corrected chi connectivity index (χ2v) is 3.88. The minimum Gasteiger partial charge on any atom is -0.465 e. The van der Waals surface area contributed by atoms with Gasteiger partial charge in [0.05, 0.1) is 18.8 Å². The number of halogens is 1. The Hall–Kier alpha value is -2.58. The predicted molar refractivity (Wildman–Crippen MR) is 61.6 cm³/mol. The van der Waals surface area contributed by atoms with Crippen molar-refractivity contribution in [2.24, 2.45) is 0 Å². The maximum Gasteiger partial charge on any atom is 0.404 e. The Bertz CT molecular complexity index is 570. The molecule has 0 spiro atoms. The van der Waals surface area contributed by atoms with E-state index in [0.717, 1.165) is 6.20 Å². The van der Waals surface area contributed by atoms with Crippen molar-refractivity contribution in [3.8, 4) is 11.5 Å². The SMILES string of the molecule is C[C@@H](Cn1nnc(-c2ccc(F)cn2)n1)NC(=O)O. The molecule has 0 fully saturated rings. The maximum atomic E-state index is 12.7. The largest absolute Gasteiger partial charge is 0.465 e. The summed E-state index contributed by atoms with van der Waals surface area (Å²) < 4.78 is 12.7. The Kier molecular flexibility index (Phi) is 3.64. The zero-order chi connectivity index (χ0) is 13.8. The van der Waals surface area contributed by atoms with Gasteiger partial charge in [-0.15, -0.1) is 10.2 Å². The molecule has 0 aromatic carbocycles. The number of carbonyl (C=O) groups is 1. The number of pyridine rings is 1. The summed E-state index contributed by atoms with van der Waals surface area (Å²) in [5, 5.41) is 22.4. The lowest BCUT2D eigenvalue weighted by Gasteiger charge is -2.08. The van der Waals surface area contributed by atoms with Gasteiger partial charge in [0.1, 0.15) is 11.5 Å². The first-order valence-corrected chi connectivity index (χ1v) is 5.44. The molecule has 100 valence electrons. The standard InChI is InChI=1S/C10H11FN6O2/c1-6(13-10(18)19)5-17-15-9(14-16-17)8-3-2-7(11)4-12-8/h2-4,6,13H,5H2,1H3,(H,18,19)/t6-/m0/s1. The molecule has 0 aliphatic rings. The number of rotatable bonds is 4. The zero-order valence-electron chi connectivity index (χ0n) is 9.99. The Balaban J connectivity index is 2.06. The summed E-state index contributed by atoms with van der Waals surface area (Å²) >= 11 is 0. The summed E-state index contributed by atoms with van der Waals surface area (Å²) in [5.74, 6) is -0.196. The summed E-state index contributed by atoms with van der Waals surface area (Å²) in [6.07, 6.45) is -0.0574. The fourth-order valence-corrected chi connectivity index (χ4v) is 1.43. The lowest BCUT2D eigenvalue weighted by atomic mass is 10.3. The minimum absolute atomic E-state index is 0.237. The van der Waals surface area contributed by atoms with Gasteiger partial charge in [-0.1, -0.05) is 0 Å². The molecule has 2 aromatic heterocycles. The minimum atomic E-state index is -1.12. The van der Waals surface area contributed by atoms with E-state index in [1.807, 2.05) is 0 Å². The van der Waals surface area contributed by atoms with Crippen molar-refractivity contribution < 1.29 is 14.3 Å². The van der Waals surface area contributed by atoms with Crippen LogP contribution in [0, 0.1) is 5.82 Å². The Morgan fingerprint density at radius 3 is 3.00 bits per heavy atom. The molecule has 0 radical (unpaired) electrons. The number of tetrazole rings is 1. The fourth-order valence-electron chi connectivity index (χ4n) is 1.43. The zero-order valence-corrected chi connectivity index (χ0v) is 9.99. The maximum absolute atomic E-state index is 12.7. The average molecular weight is 266 g/mol. The third kappa shape index (κ3) is 3.44. The van der Waals surface area contributed by atoms with Crippen molar-refractivity contribution in [1.29, 1.82) is 0 Å². The predicted octanol–water partition coefficient (Wildman–Crippen LogP) is 0.530. The number of aromatic nitrogens is 5. The van der Waals surface area contributed by atoms with E-state index in [0.29, 0.717) is 5.69 Å². The van der Waals surface area contributed by atoms with Crippen LogP contribution in [0.1, 0.15) is 6.92 Å². The second-order valence-electron chi connectivity index (χ2n) is 3.88. The highest BCUT2D eigenvalue weighted by atomic mass is 19.1. The molecule has 19 heavy (non-hydrogen) atoms. The van der Waals surface area contributed by atoms with Crippen LogP contribution in [0.4, 0.5) is 9.18 Å². The molecule has 2 rings (SSSR count). The quantitative estimate of drug-likeness (QED) is 0.836. The lowest BCUT2D eigenvalue weighted by molar-refractivity contribution is 0.188. The van der Waals surface area contributed by atoms with E-state index < -0.39 is 11.9 Å². The van der Waals surface area contributed by atoms with Crippen molar-refractivity contribution in [3.05, 3.63) is 24.1 Å². The van der Waals surface area contributed by atoms with Crippen LogP contribution in [-0.2, 0) is 6.54 Å². The first-order chi connectivity index (χ1) is 9.04. The molecule has 0 aliphatic carbocycles. The Morgan fingerprint density at radius 1 is 1.58 bits per heavy atom. The van der Waals surface area contributed by atoms with E-state index in [2.05, 4.69) is 25.7 Å². The highest BCUT2D eigenvalue weighted by Gasteiger charge is 2.11. The molecular formula is C10H11FN6O2. The Morgan fingerprint density at radius 2 is 2.37 bits per heavy atom. The molecule has 1 amide bonds. The summed E-state index contributed by atoms with van der Waals surface area (Å²) in [5.41, 5.74) is 0.395. The van der Waals surface area contributed by atoms with Gasteiger partial charge in [-0.25, -0.2) is 14.2 Å². The summed E-state index contributed by atoms with van der Waals surface area (Å²) in [6, 6.07) is 2.33. The van der Waals surface area contributed by atoms with Crippen molar-refractivity contribution in [2.75, 3.05) is 0 Å². The van der Waals surface area contributed by atoms with Crippen molar-refractivity contribution in [3.63, 3.8) is 0 Å². The van der Waals surface area contributed by atoms with Crippen LogP contribution in [0.25, 0.3) is 11.5 Å². The van der Waals surface area contributed by atoms with Crippen LogP contribution in [0.3, 0.4) is 0 Å². The normalized spacial score (nSPS) is 12.1. The molecule has 0 bridgehead atoms. The molecule has 8 nitrogen and oxygen atoms in total. The average Bonchev–Trinajstić information content (AvgIpc) is 2.77. The molecule has 0 saturated heterocycles. The number of hydrogen-bond acceptors (Lipinski definition) is 5. The highest BCUT2D eigenvalue weighted by Crippen LogP contribution is 2.09. The molecule has 0 unspecified atom stereocenters. The smallest absolute Gasteiger partial charge is 0.404 e. The van der Waals surface area contributed by atoms with Crippen LogP contribution >= 0.6 is 0 Å². The fraction of sp³-hybridized carbons (Fsp3) is 0.300. The van der Waals surface area contributed by atoms with E-state index in [-0.39, 0.29) is 18.4 Å². The first kappa shape index (κ1) is 12.9. The molecule has 1 atom stereocenters. The monoisotopic (exact) mass is 266 g/mol. The van der Waals surface area contributed by atoms with Gasteiger partial charge in [0.15, 0.2) is 0 Å². The summed E-state index contributed by atoms with van der Waals surface area (Å²) in [4.78, 5) is 15.5. The highest BCUT2D eigenvalue weighted by molar-refractivity contribution is 5.64. The van der Waals surface area contributed by atoms with E-state index in [1.54, 1.807) is 6.92 Å². The molecule has 2 heterocycles. The summed E-state index contributed by atoms with van der Waals surface area (Å²) in [6.45, 7) is 1.91. The van der Waals surface area contributed by atoms with Crippen molar-refractivity contribution in [2.45, 2.75) is 19.5 Å². The van der Waals surface area contributed by atoms with Crippen LogP contribution < -0.4 is 5.32 Å². The summed E-state index contributed by atoms with van der Waals surface area (Å²) in [7, 11) is 0. The third-order valence-electron chi connectivity index (χ3n) is 2.22. The van der Waals surface area contributed by atoms with Gasteiger partial charge in [0, 0.05) is 0 Å². The topological polar surface area (TPSA) is 106 Å². The van der Waals surface area contributed by atoms with Gasteiger partial charge in [-0.3, -0.25) is 0 Å². The molecule has 2 N–H and O–H groups in total. The third-order valence-corrected chi connectivity index (χ3v) is 2.22. The Labute approximate surface area is 107 Å². The molecular weight excluding hydrogens is 255 g/mol. The number of carboxylic acid groups (broad SMARTS) is 1. The first-order valence-electron chi connectivity index (χ1n) is 5.44. The van der Waals surface area contributed by atoms with Gasteiger partial charge >= 0.3 is 6.09 Å². The second kappa shape index (κ2) is 5.38. The molecule has 0 saturated carbocycles. The number of hydrogen-bond donors (Lipinski definition) is 2. The van der Waals surface area contributed by atoms with E-state index >= 15 is 0 Å². The van der Waals surface area contributed by atoms with Crippen LogP contribution in [0.15, 0.2) is 18.3 Å². The number of amides is 1. The van der Waals surface area contributed by atoms with Gasteiger partial charge in [-0.05, 0) is 24.3 Å². The van der Waals surface area contributed by atoms with E-state index in [9.17, 15) is 9.18 Å². The number of nitrogens with one attached hydrogen (secondary N) is 1. The molecule has 2 aromatic rings. The lowest BCUT2D eigenvalue weighted by Crippen LogP contribution is -2.35. The van der Waals surface area contributed by atoms with Gasteiger partial charge in [-0.2, -0.15) is 4.80 Å². The van der Waals surface area contributed by atoms with Crippen LogP contribution in [-0.4, -0.2) is 42.4 Å². The van der Waals surface area contributed by atoms with E-state index in [1.165, 1.54) is 16.9 Å². The molecule has 9 heteroatoms. The van der Waals surface area contributed by atoms with E-state index in [4.69, 9.17) is 5.11 Å². The van der Waals surface area contributed by atoms with Crippen molar-refractivity contribution >= 4 is 6.09 Å². The number of nitrogens with zero attached hydrogens (tertiary/aromatic N) is 5. The van der Waals surface area contributed by atoms with Crippen LogP contribution in [0.5, 0.6) is 0 Å². The molecule has 0 aliphatic heterocycles. The van der Waals surface area contributed by atoms with Gasteiger partial charge in [0.2, 0.25) is 5.82 Å². The van der Waals surface area contributed by atoms with Crippen molar-refractivity contribution in [1.82, 2.24) is 30.5 Å². The van der Waals surface area contributed by atoms with Gasteiger partial charge < -0.3 is 10.4 Å². The van der Waals surface area contributed by atoms with Crippen LogP contribution in [0.2, 0.25) is 0 Å².